The number of halogens is 1. The monoisotopic (exact) mass is 498 g/mol. The van der Waals surface area contributed by atoms with E-state index in [0.29, 0.717) is 0 Å². The molecule has 3 radical (unpaired) electrons. The fourth-order valence-corrected chi connectivity index (χ4v) is 3.19. The SMILES string of the molecule is [C-]=O.[C-]=O.[C-]=O.[Cl][Re].c1ccc(-c2cccc[pH+]2)[pH+]c1. The third-order valence-electron chi connectivity index (χ3n) is 1.71. The molecule has 2 aromatic heterocycles. The number of carbonyl (C=O) groups excluding carboxylic acids is 3. The Bertz CT molecular complexity index is 365. The summed E-state index contributed by atoms with van der Waals surface area (Å²) in [6.07, 6.45) is 0. The van der Waals surface area contributed by atoms with Gasteiger partial charge in [0.1, 0.15) is 28.0 Å². The Hall–Kier alpha value is -0.738. The molecule has 0 saturated heterocycles. The third-order valence-corrected chi connectivity index (χ3v) is 4.17. The van der Waals surface area contributed by atoms with Gasteiger partial charge in [-0.05, 0) is 24.3 Å². The smallest absolute Gasteiger partial charge is 0.0540 e. The van der Waals surface area contributed by atoms with E-state index in [-0.39, 0.29) is 0 Å². The van der Waals surface area contributed by atoms with E-state index in [1.54, 1.807) is 0 Å². The summed E-state index contributed by atoms with van der Waals surface area (Å²) in [7, 11) is 6.41. The Balaban J connectivity index is -0.000000314. The first kappa shape index (κ1) is 24.3. The van der Waals surface area contributed by atoms with Crippen molar-refractivity contribution < 1.29 is 32.6 Å². The minimum atomic E-state index is 0.858. The Morgan fingerprint density at radius 1 is 0.700 bits per heavy atom. The summed E-state index contributed by atoms with van der Waals surface area (Å²) in [5, 5.41) is 2.99. The van der Waals surface area contributed by atoms with Crippen molar-refractivity contribution in [1.29, 1.82) is 0 Å². The summed E-state index contributed by atoms with van der Waals surface area (Å²) in [6, 6.07) is 12.9. The molecule has 0 spiro atoms. The molecule has 0 amide bonds. The van der Waals surface area contributed by atoms with Gasteiger partial charge in [-0.3, -0.25) is 0 Å². The quantitative estimate of drug-likeness (QED) is 0.567. The molecular weight excluding hydrogens is 488 g/mol. The van der Waals surface area contributed by atoms with Crippen molar-refractivity contribution in [2.45, 2.75) is 0 Å². The van der Waals surface area contributed by atoms with Gasteiger partial charge in [-0.15, -0.1) is 0 Å². The van der Waals surface area contributed by atoms with Crippen molar-refractivity contribution in [3.8, 4) is 10.6 Å². The molecule has 0 aliphatic heterocycles. The number of rotatable bonds is 1. The van der Waals surface area contributed by atoms with E-state index >= 15 is 0 Å². The summed E-state index contributed by atoms with van der Waals surface area (Å²) in [5.74, 6) is 4.47. The van der Waals surface area contributed by atoms with Gasteiger partial charge < -0.3 is 34.8 Å². The molecule has 0 fully saturated rings. The van der Waals surface area contributed by atoms with Crippen LogP contribution >= 0.6 is 25.9 Å². The van der Waals surface area contributed by atoms with Crippen LogP contribution in [0.4, 0.5) is 0 Å². The second-order valence-electron chi connectivity index (χ2n) is 2.55. The fourth-order valence-electron chi connectivity index (χ4n) is 1.12. The average molecular weight is 498 g/mol. The molecule has 2 rings (SSSR count). The van der Waals surface area contributed by atoms with Gasteiger partial charge in [-0.1, -0.05) is 12.1 Å². The first-order chi connectivity index (χ1) is 9.97. The van der Waals surface area contributed by atoms with Crippen molar-refractivity contribution in [2.75, 3.05) is 0 Å². The van der Waals surface area contributed by atoms with Gasteiger partial charge in [0.05, 0.1) is 0 Å². The van der Waals surface area contributed by atoms with Gasteiger partial charge in [-0.25, -0.2) is 0 Å². The van der Waals surface area contributed by atoms with Gasteiger partial charge in [0, 0.05) is 0 Å². The van der Waals surface area contributed by atoms with E-state index in [1.807, 2.05) is 0 Å². The fraction of sp³-hybridized carbons (Fsp3) is 0. The van der Waals surface area contributed by atoms with Gasteiger partial charge >= 0.3 is 27.7 Å². The Kier molecular flexibility index (Phi) is 28.4. The molecule has 0 aliphatic carbocycles. The van der Waals surface area contributed by atoms with Crippen LogP contribution in [-0.2, 0) is 32.6 Å². The van der Waals surface area contributed by atoms with Crippen LogP contribution in [0.2, 0.25) is 0 Å². The standard InChI is InChI=1S/C10H8P2.3CO.ClH.Re/c1-3-7-11-9(5-1)10-6-2-4-8-12-10;3*1-2;;/h1-8H;;;;1H;/q;3*-1;;+1/p+1. The summed E-state index contributed by atoms with van der Waals surface area (Å²) in [4.78, 5) is 22.5. The van der Waals surface area contributed by atoms with Gasteiger partial charge in [0.2, 0.25) is 0 Å². The topological polar surface area (TPSA) is 51.2 Å². The molecule has 2 aromatic rings. The van der Waals surface area contributed by atoms with E-state index in [4.69, 9.17) is 23.9 Å². The molecule has 3 nitrogen and oxygen atoms in total. The van der Waals surface area contributed by atoms with E-state index in [1.165, 1.54) is 28.8 Å². The van der Waals surface area contributed by atoms with Crippen LogP contribution in [0.3, 0.4) is 0 Å². The summed E-state index contributed by atoms with van der Waals surface area (Å²) in [6.45, 7) is 13.5. The van der Waals surface area contributed by atoms with Crippen LogP contribution in [0.25, 0.3) is 10.6 Å². The van der Waals surface area contributed by atoms with Crippen LogP contribution < -0.4 is 0 Å². The molecule has 2 heterocycles. The molecule has 0 saturated carbocycles. The van der Waals surface area contributed by atoms with Crippen LogP contribution in [0.5, 0.6) is 0 Å². The van der Waals surface area contributed by atoms with Crippen LogP contribution in [-0.4, -0.2) is 20.4 Å². The van der Waals surface area contributed by atoms with Gasteiger partial charge in [0.15, 0.2) is 10.6 Å². The van der Waals surface area contributed by atoms with E-state index in [2.05, 4.69) is 68.4 Å². The maximum atomic E-state index is 7.50. The molecule has 0 bridgehead atoms. The average Bonchev–Trinajstić information content (AvgIpc) is 2.63. The van der Waals surface area contributed by atoms with Crippen molar-refractivity contribution in [1.82, 2.24) is 0 Å². The zero-order valence-corrected chi connectivity index (χ0v) is 15.6. The summed E-state index contributed by atoms with van der Waals surface area (Å²) < 4.78 is 0. The molecule has 7 heteroatoms. The molecule has 2 unspecified atom stereocenters. The molecule has 0 N–H and O–H groups in total. The van der Waals surface area contributed by atoms with Gasteiger partial charge in [-0.2, -0.15) is 0 Å². The maximum Gasteiger partial charge on any atom is 0.195 e. The minimum Gasteiger partial charge on any atom is -0.0540 e. The third kappa shape index (κ3) is 12.3. The zero-order valence-electron chi connectivity index (χ0n) is 10.1. The van der Waals surface area contributed by atoms with Crippen molar-refractivity contribution in [2.24, 2.45) is 0 Å². The molecule has 0 aromatic carbocycles. The Morgan fingerprint density at radius 2 is 1.00 bits per heavy atom. The van der Waals surface area contributed by atoms with Gasteiger partial charge in [0.25, 0.3) is 0 Å². The van der Waals surface area contributed by atoms with E-state index in [0.717, 1.165) is 16.4 Å². The van der Waals surface area contributed by atoms with E-state index in [9.17, 15) is 0 Å². The van der Waals surface area contributed by atoms with Crippen LogP contribution in [0.15, 0.2) is 48.0 Å². The number of hydrogen-bond acceptors (Lipinski definition) is 3. The second kappa shape index (κ2) is 23.4. The minimum absolute atomic E-state index is 0.858. The Labute approximate surface area is 137 Å². The predicted octanol–water partition coefficient (Wildman–Crippen LogP) is 3.47. The van der Waals surface area contributed by atoms with E-state index < -0.39 is 0 Å². The van der Waals surface area contributed by atoms with Crippen molar-refractivity contribution >= 4 is 46.3 Å². The van der Waals surface area contributed by atoms with Crippen LogP contribution in [0, 0.1) is 0 Å². The second-order valence-corrected chi connectivity index (χ2v) is 4.87. The largest absolute Gasteiger partial charge is 0.195 e. The summed E-state index contributed by atoms with van der Waals surface area (Å²) in [5.41, 5.74) is 0. The maximum absolute atomic E-state index is 7.50. The number of hydrogen-bond donors (Lipinski definition) is 0. The Morgan fingerprint density at radius 3 is 1.20 bits per heavy atom. The molecule has 2 atom stereocenters. The molecule has 20 heavy (non-hydrogen) atoms. The normalized spacial score (nSPS) is 7.50. The molecule has 0 aliphatic rings. The first-order valence-electron chi connectivity index (χ1n) is 4.66. The zero-order chi connectivity index (χ0) is 16.2. The van der Waals surface area contributed by atoms with Crippen molar-refractivity contribution in [3.63, 3.8) is 0 Å². The first-order valence-corrected chi connectivity index (χ1v) is 10.2. The van der Waals surface area contributed by atoms with Crippen LogP contribution in [0.1, 0.15) is 0 Å². The molecular formula is C13H10ClO3P2Re-. The molecule has 105 valence electrons. The predicted molar refractivity (Wildman–Crippen MR) is 82.6 cm³/mol. The van der Waals surface area contributed by atoms with Crippen molar-refractivity contribution in [3.05, 3.63) is 48.0 Å². The summed E-state index contributed by atoms with van der Waals surface area (Å²) >= 11 is 1.19.